The standard InChI is InChI=1S/HNO5S.H3N/c2-1-6-7(3,4)5;/h(H,3,4,5);1H3. The zero-order chi connectivity index (χ0) is 5.91. The molecule has 8 heavy (non-hydrogen) atoms. The fourth-order valence-electron chi connectivity index (χ4n) is 0.0385. The smallest absolute Gasteiger partial charge is 0.344 e. The molecule has 0 bridgehead atoms. The normalized spacial score (nSPS) is 9.12. The molecule has 4 N–H and O–H groups in total. The Morgan fingerprint density at radius 2 is 1.88 bits per heavy atom. The number of nitrogens with zero attached hydrogens (tertiary/aromatic N) is 1. The van der Waals surface area contributed by atoms with Crippen molar-refractivity contribution >= 4 is 10.4 Å². The van der Waals surface area contributed by atoms with E-state index in [1.807, 2.05) is 0 Å². The molecule has 0 saturated carbocycles. The molecule has 0 aromatic carbocycles. The van der Waals surface area contributed by atoms with Gasteiger partial charge in [-0.15, -0.1) is 4.91 Å². The third-order valence-corrected chi connectivity index (χ3v) is 0.374. The zero-order valence-corrected chi connectivity index (χ0v) is 4.46. The van der Waals surface area contributed by atoms with Gasteiger partial charge in [0, 0.05) is 0 Å². The lowest BCUT2D eigenvalue weighted by Gasteiger charge is -1.80. The maximum atomic E-state index is 9.27. The Bertz CT molecular complexity index is 144. The molecule has 0 heterocycles. The highest BCUT2D eigenvalue weighted by atomic mass is 32.3. The van der Waals surface area contributed by atoms with Gasteiger partial charge in [0.1, 0.15) is 0 Å². The lowest BCUT2D eigenvalue weighted by atomic mass is 13.4. The van der Waals surface area contributed by atoms with E-state index in [0.717, 1.165) is 0 Å². The maximum absolute atomic E-state index is 9.27. The first kappa shape index (κ1) is 10.3. The van der Waals surface area contributed by atoms with Crippen LogP contribution in [0.2, 0.25) is 0 Å². The van der Waals surface area contributed by atoms with Crippen LogP contribution in [0.5, 0.6) is 0 Å². The Morgan fingerprint density at radius 3 is 1.88 bits per heavy atom. The van der Waals surface area contributed by atoms with Crippen LogP contribution in [0.15, 0.2) is 5.34 Å². The van der Waals surface area contributed by atoms with Gasteiger partial charge in [-0.3, -0.25) is 4.55 Å². The van der Waals surface area contributed by atoms with Crippen molar-refractivity contribution in [1.29, 1.82) is 0 Å². The minimum absolute atomic E-state index is 0. The molecule has 0 fully saturated rings. The predicted octanol–water partition coefficient (Wildman–Crippen LogP) is -0.351. The van der Waals surface area contributed by atoms with Gasteiger partial charge in [0.25, 0.3) is 0 Å². The van der Waals surface area contributed by atoms with E-state index in [1.165, 1.54) is 5.34 Å². The summed E-state index contributed by atoms with van der Waals surface area (Å²) in [4.78, 5) is 8.81. The largest absolute Gasteiger partial charge is 0.468 e. The molecule has 50 valence electrons. The molecule has 0 rings (SSSR count). The van der Waals surface area contributed by atoms with Crippen molar-refractivity contribution in [2.75, 3.05) is 0 Å². The van der Waals surface area contributed by atoms with Crippen LogP contribution in [0.1, 0.15) is 0 Å². The van der Waals surface area contributed by atoms with Gasteiger partial charge in [-0.25, -0.2) is 4.28 Å². The van der Waals surface area contributed by atoms with E-state index in [0.29, 0.717) is 0 Å². The molecule has 0 amide bonds. The van der Waals surface area contributed by atoms with Crippen LogP contribution in [-0.4, -0.2) is 13.0 Å². The van der Waals surface area contributed by atoms with Gasteiger partial charge in [-0.2, -0.15) is 8.42 Å². The molecular weight excluding hydrogens is 140 g/mol. The summed E-state index contributed by atoms with van der Waals surface area (Å²) in [6.45, 7) is 0. The average Bonchev–Trinajstić information content (AvgIpc) is 1.30. The monoisotopic (exact) mass is 144 g/mol. The van der Waals surface area contributed by atoms with E-state index in [4.69, 9.17) is 9.46 Å². The Morgan fingerprint density at radius 1 is 1.50 bits per heavy atom. The molecule has 0 spiro atoms. The minimum atomic E-state index is -4.65. The quantitative estimate of drug-likeness (QED) is 0.309. The van der Waals surface area contributed by atoms with Crippen molar-refractivity contribution in [3.63, 3.8) is 0 Å². The van der Waals surface area contributed by atoms with Gasteiger partial charge in [0.2, 0.25) is 0 Å². The molecule has 0 aromatic rings. The van der Waals surface area contributed by atoms with Crippen LogP contribution >= 0.6 is 0 Å². The molecule has 0 aromatic heterocycles. The van der Waals surface area contributed by atoms with Crippen LogP contribution in [0.3, 0.4) is 0 Å². The van der Waals surface area contributed by atoms with E-state index in [9.17, 15) is 8.42 Å². The van der Waals surface area contributed by atoms with Crippen LogP contribution in [0, 0.1) is 4.91 Å². The highest BCUT2D eigenvalue weighted by Crippen LogP contribution is 1.82. The summed E-state index contributed by atoms with van der Waals surface area (Å²) < 4.78 is 28.8. The summed E-state index contributed by atoms with van der Waals surface area (Å²) in [7, 11) is -4.65. The topological polar surface area (TPSA) is 128 Å². The third kappa shape index (κ3) is 8.99. The molecule has 0 unspecified atom stereocenters. The van der Waals surface area contributed by atoms with Crippen molar-refractivity contribution in [3.8, 4) is 0 Å². The molecule has 0 saturated heterocycles. The summed E-state index contributed by atoms with van der Waals surface area (Å²) >= 11 is 0. The van der Waals surface area contributed by atoms with Crippen molar-refractivity contribution in [3.05, 3.63) is 4.91 Å². The van der Waals surface area contributed by atoms with Crippen molar-refractivity contribution in [2.45, 2.75) is 0 Å². The molecule has 0 aliphatic rings. The SMILES string of the molecule is N.O=NOS(=O)(=O)O. The van der Waals surface area contributed by atoms with Crippen molar-refractivity contribution in [2.24, 2.45) is 5.34 Å². The first-order valence-electron chi connectivity index (χ1n) is 1.05. The van der Waals surface area contributed by atoms with E-state index in [2.05, 4.69) is 4.28 Å². The van der Waals surface area contributed by atoms with Gasteiger partial charge in [-0.1, -0.05) is 0 Å². The second-order valence-corrected chi connectivity index (χ2v) is 1.58. The van der Waals surface area contributed by atoms with Gasteiger partial charge in [-0.05, 0) is 0 Å². The molecule has 0 atom stereocenters. The highest BCUT2D eigenvalue weighted by molar-refractivity contribution is 7.80. The number of rotatable bonds is 2. The highest BCUT2D eigenvalue weighted by Gasteiger charge is 2.01. The van der Waals surface area contributed by atoms with E-state index < -0.39 is 10.4 Å². The summed E-state index contributed by atoms with van der Waals surface area (Å²) in [6.07, 6.45) is 0. The predicted molar refractivity (Wildman–Crippen MR) is 23.5 cm³/mol. The molecular formula is H4N2O5S. The van der Waals surface area contributed by atoms with E-state index >= 15 is 0 Å². The molecule has 0 aliphatic heterocycles. The lowest BCUT2D eigenvalue weighted by Crippen LogP contribution is -1.95. The van der Waals surface area contributed by atoms with Gasteiger partial charge >= 0.3 is 10.4 Å². The number of hydrogen-bond acceptors (Lipinski definition) is 6. The second kappa shape index (κ2) is 3.29. The summed E-state index contributed by atoms with van der Waals surface area (Å²) in [5.41, 5.74) is 0. The fourth-order valence-corrected chi connectivity index (χ4v) is 0.115. The van der Waals surface area contributed by atoms with Crippen LogP contribution in [-0.2, 0) is 14.7 Å². The Kier molecular flexibility index (Phi) is 4.24. The molecule has 0 aliphatic carbocycles. The Balaban J connectivity index is 0. The Hall–Kier alpha value is -0.730. The summed E-state index contributed by atoms with van der Waals surface area (Å²) in [6, 6.07) is 0. The fraction of sp³-hybridized carbons (Fsp3) is 0. The molecule has 8 heteroatoms. The van der Waals surface area contributed by atoms with Gasteiger partial charge in [0.15, 0.2) is 5.34 Å². The van der Waals surface area contributed by atoms with Crippen LogP contribution < -0.4 is 6.15 Å². The summed E-state index contributed by atoms with van der Waals surface area (Å²) in [5, 5.41) is 1.42. The lowest BCUT2D eigenvalue weighted by molar-refractivity contribution is 0.278. The third-order valence-electron chi connectivity index (χ3n) is 0.125. The number of hydrogen-bond donors (Lipinski definition) is 2. The first-order valence-corrected chi connectivity index (χ1v) is 2.41. The molecule has 7 nitrogen and oxygen atoms in total. The first-order chi connectivity index (χ1) is 3.06. The molecule has 0 radical (unpaired) electrons. The second-order valence-electron chi connectivity index (χ2n) is 0.577. The van der Waals surface area contributed by atoms with E-state index in [1.54, 1.807) is 0 Å². The zero-order valence-electron chi connectivity index (χ0n) is 3.64. The summed E-state index contributed by atoms with van der Waals surface area (Å²) in [5.74, 6) is 0. The van der Waals surface area contributed by atoms with Crippen LogP contribution in [0.25, 0.3) is 0 Å². The van der Waals surface area contributed by atoms with Gasteiger partial charge < -0.3 is 6.15 Å². The minimum Gasteiger partial charge on any atom is -0.344 e. The van der Waals surface area contributed by atoms with Crippen molar-refractivity contribution < 1.29 is 17.3 Å². The Labute approximate surface area is 45.1 Å². The van der Waals surface area contributed by atoms with Crippen LogP contribution in [0.4, 0.5) is 0 Å². The average molecular weight is 144 g/mol. The van der Waals surface area contributed by atoms with Gasteiger partial charge in [0.05, 0.1) is 0 Å². The van der Waals surface area contributed by atoms with Crippen molar-refractivity contribution in [1.82, 2.24) is 6.15 Å². The van der Waals surface area contributed by atoms with E-state index in [-0.39, 0.29) is 6.15 Å². The maximum Gasteiger partial charge on any atom is 0.468 e.